The van der Waals surface area contributed by atoms with E-state index in [1.807, 2.05) is 0 Å². The molecule has 17 heavy (non-hydrogen) atoms. The highest BCUT2D eigenvalue weighted by Crippen LogP contribution is 2.24. The molecule has 0 saturated carbocycles. The third kappa shape index (κ3) is 3.30. The van der Waals surface area contributed by atoms with Crippen molar-refractivity contribution in [2.24, 2.45) is 0 Å². The van der Waals surface area contributed by atoms with Gasteiger partial charge in [-0.3, -0.25) is 4.90 Å². The van der Waals surface area contributed by atoms with Gasteiger partial charge in [0.15, 0.2) is 0 Å². The van der Waals surface area contributed by atoms with Crippen molar-refractivity contribution in [1.29, 1.82) is 0 Å². The minimum Gasteiger partial charge on any atom is -0.374 e. The molecule has 3 heteroatoms. The van der Waals surface area contributed by atoms with Crippen LogP contribution < -0.4 is 5.32 Å². The van der Waals surface area contributed by atoms with Crippen LogP contribution >= 0.6 is 0 Å². The van der Waals surface area contributed by atoms with Gasteiger partial charge in [-0.05, 0) is 39.3 Å². The summed E-state index contributed by atoms with van der Waals surface area (Å²) in [6.07, 6.45) is 7.95. The van der Waals surface area contributed by atoms with Crippen LogP contribution in [0.5, 0.6) is 0 Å². The summed E-state index contributed by atoms with van der Waals surface area (Å²) >= 11 is 0. The second kappa shape index (κ2) is 6.53. The molecular formula is C14H26N2O. The molecule has 0 amide bonds. The Bertz CT molecular complexity index is 265. The topological polar surface area (TPSA) is 24.5 Å². The molecule has 0 radical (unpaired) electrons. The Morgan fingerprint density at radius 3 is 3.06 bits per heavy atom. The molecule has 0 aromatic rings. The number of hydrogen-bond acceptors (Lipinski definition) is 3. The molecule has 2 aliphatic rings. The monoisotopic (exact) mass is 238 g/mol. The van der Waals surface area contributed by atoms with Crippen molar-refractivity contribution in [2.45, 2.75) is 44.8 Å². The van der Waals surface area contributed by atoms with Gasteiger partial charge in [0.2, 0.25) is 0 Å². The van der Waals surface area contributed by atoms with Gasteiger partial charge >= 0.3 is 0 Å². The van der Waals surface area contributed by atoms with E-state index in [1.54, 1.807) is 5.57 Å². The van der Waals surface area contributed by atoms with Gasteiger partial charge in [-0.1, -0.05) is 18.6 Å². The number of morpholine rings is 1. The van der Waals surface area contributed by atoms with Crippen LogP contribution in [0.4, 0.5) is 0 Å². The van der Waals surface area contributed by atoms with Crippen LogP contribution in [0.2, 0.25) is 0 Å². The maximum Gasteiger partial charge on any atom is 0.0893 e. The molecule has 2 unspecified atom stereocenters. The zero-order valence-corrected chi connectivity index (χ0v) is 11.2. The molecule has 1 heterocycles. The Kier molecular flexibility index (Phi) is 5.01. The normalized spacial score (nSPS) is 28.8. The highest BCUT2D eigenvalue weighted by Gasteiger charge is 2.29. The van der Waals surface area contributed by atoms with Crippen LogP contribution in [-0.4, -0.2) is 50.3 Å². The Hall–Kier alpha value is -0.380. The van der Waals surface area contributed by atoms with Crippen LogP contribution in [0, 0.1) is 0 Å². The minimum absolute atomic E-state index is 0.332. The van der Waals surface area contributed by atoms with Crippen LogP contribution in [0.15, 0.2) is 11.6 Å². The first kappa shape index (κ1) is 13.1. The van der Waals surface area contributed by atoms with E-state index in [0.29, 0.717) is 12.1 Å². The lowest BCUT2D eigenvalue weighted by atomic mass is 9.90. The molecule has 1 aliphatic carbocycles. The van der Waals surface area contributed by atoms with Gasteiger partial charge in [0.25, 0.3) is 0 Å². The van der Waals surface area contributed by atoms with E-state index in [4.69, 9.17) is 4.74 Å². The molecule has 0 spiro atoms. The predicted molar refractivity (Wildman–Crippen MR) is 71.3 cm³/mol. The number of likely N-dealkylation sites (N-methyl/N-ethyl adjacent to an activating group) is 2. The summed E-state index contributed by atoms with van der Waals surface area (Å²) in [6.45, 7) is 6.40. The number of ether oxygens (including phenoxy) is 1. The largest absolute Gasteiger partial charge is 0.374 e. The second-order valence-electron chi connectivity index (χ2n) is 5.09. The Labute approximate surface area is 105 Å². The standard InChI is InChI=1S/C14H26N2O/c1-3-16-9-10-17-13(11-16)14(15-2)12-7-5-4-6-8-12/h7,13-15H,3-6,8-11H2,1-2H3. The van der Waals surface area contributed by atoms with E-state index < -0.39 is 0 Å². The summed E-state index contributed by atoms with van der Waals surface area (Å²) in [4.78, 5) is 2.49. The Morgan fingerprint density at radius 1 is 1.53 bits per heavy atom. The SMILES string of the molecule is CCN1CCOC(C(NC)C2=CCCCC2)C1. The number of nitrogens with one attached hydrogen (secondary N) is 1. The zero-order chi connectivity index (χ0) is 12.1. The molecule has 0 aromatic heterocycles. The molecule has 1 fully saturated rings. The highest BCUT2D eigenvalue weighted by atomic mass is 16.5. The first-order valence-corrected chi connectivity index (χ1v) is 7.05. The molecule has 2 atom stereocenters. The molecular weight excluding hydrogens is 212 g/mol. The van der Waals surface area contributed by atoms with Crippen LogP contribution in [0.1, 0.15) is 32.6 Å². The van der Waals surface area contributed by atoms with Gasteiger partial charge in [0, 0.05) is 13.1 Å². The summed E-state index contributed by atoms with van der Waals surface area (Å²) in [7, 11) is 2.06. The number of hydrogen-bond donors (Lipinski definition) is 1. The lowest BCUT2D eigenvalue weighted by molar-refractivity contribution is -0.0384. The van der Waals surface area contributed by atoms with Gasteiger partial charge < -0.3 is 10.1 Å². The van der Waals surface area contributed by atoms with Gasteiger partial charge in [0.05, 0.1) is 18.8 Å². The fourth-order valence-corrected chi connectivity index (χ4v) is 2.98. The number of allylic oxidation sites excluding steroid dienone is 1. The van der Waals surface area contributed by atoms with Crippen molar-refractivity contribution in [3.8, 4) is 0 Å². The van der Waals surface area contributed by atoms with Crippen molar-refractivity contribution in [3.63, 3.8) is 0 Å². The first-order chi connectivity index (χ1) is 8.35. The minimum atomic E-state index is 0.332. The van der Waals surface area contributed by atoms with Crippen molar-refractivity contribution in [3.05, 3.63) is 11.6 Å². The van der Waals surface area contributed by atoms with E-state index in [-0.39, 0.29) is 0 Å². The van der Waals surface area contributed by atoms with Crippen molar-refractivity contribution in [2.75, 3.05) is 33.3 Å². The summed E-state index contributed by atoms with van der Waals surface area (Å²) < 4.78 is 5.97. The van der Waals surface area contributed by atoms with Crippen LogP contribution in [0.25, 0.3) is 0 Å². The number of rotatable bonds is 4. The van der Waals surface area contributed by atoms with Crippen molar-refractivity contribution in [1.82, 2.24) is 10.2 Å². The van der Waals surface area contributed by atoms with Gasteiger partial charge in [-0.15, -0.1) is 0 Å². The third-order valence-electron chi connectivity index (χ3n) is 4.03. The average Bonchev–Trinajstić information content (AvgIpc) is 2.41. The van der Waals surface area contributed by atoms with E-state index in [1.165, 1.54) is 25.7 Å². The smallest absolute Gasteiger partial charge is 0.0893 e. The molecule has 1 aliphatic heterocycles. The van der Waals surface area contributed by atoms with E-state index in [9.17, 15) is 0 Å². The van der Waals surface area contributed by atoms with Gasteiger partial charge in [-0.2, -0.15) is 0 Å². The molecule has 1 saturated heterocycles. The molecule has 3 nitrogen and oxygen atoms in total. The lowest BCUT2D eigenvalue weighted by Crippen LogP contribution is -2.52. The van der Waals surface area contributed by atoms with Gasteiger partial charge in [-0.25, -0.2) is 0 Å². The Morgan fingerprint density at radius 2 is 2.41 bits per heavy atom. The van der Waals surface area contributed by atoms with Crippen molar-refractivity contribution < 1.29 is 4.74 Å². The molecule has 98 valence electrons. The summed E-state index contributed by atoms with van der Waals surface area (Å²) in [5, 5.41) is 3.47. The Balaban J connectivity index is 1.99. The summed E-state index contributed by atoms with van der Waals surface area (Å²) in [6, 6.07) is 0.421. The summed E-state index contributed by atoms with van der Waals surface area (Å²) in [5.74, 6) is 0. The number of nitrogens with zero attached hydrogens (tertiary/aromatic N) is 1. The predicted octanol–water partition coefficient (Wildman–Crippen LogP) is 1.80. The highest BCUT2D eigenvalue weighted by molar-refractivity contribution is 5.16. The maximum atomic E-state index is 5.97. The molecule has 0 aromatic carbocycles. The fraction of sp³-hybridized carbons (Fsp3) is 0.857. The molecule has 1 N–H and O–H groups in total. The quantitative estimate of drug-likeness (QED) is 0.756. The lowest BCUT2D eigenvalue weighted by Gasteiger charge is -2.38. The van der Waals surface area contributed by atoms with Gasteiger partial charge in [0.1, 0.15) is 0 Å². The first-order valence-electron chi connectivity index (χ1n) is 7.05. The fourth-order valence-electron chi connectivity index (χ4n) is 2.98. The van der Waals surface area contributed by atoms with Crippen LogP contribution in [-0.2, 0) is 4.74 Å². The van der Waals surface area contributed by atoms with E-state index in [2.05, 4.69) is 30.3 Å². The summed E-state index contributed by atoms with van der Waals surface area (Å²) in [5.41, 5.74) is 1.57. The second-order valence-corrected chi connectivity index (χ2v) is 5.09. The molecule has 2 rings (SSSR count). The zero-order valence-electron chi connectivity index (χ0n) is 11.2. The maximum absolute atomic E-state index is 5.97. The third-order valence-corrected chi connectivity index (χ3v) is 4.03. The van der Waals surface area contributed by atoms with Crippen molar-refractivity contribution >= 4 is 0 Å². The molecule has 0 bridgehead atoms. The van der Waals surface area contributed by atoms with Crippen LogP contribution in [0.3, 0.4) is 0 Å². The van der Waals surface area contributed by atoms with E-state index >= 15 is 0 Å². The average molecular weight is 238 g/mol. The van der Waals surface area contributed by atoms with E-state index in [0.717, 1.165) is 26.2 Å².